The van der Waals surface area contributed by atoms with Crippen molar-refractivity contribution in [2.75, 3.05) is 27.2 Å². The zero-order chi connectivity index (χ0) is 18.7. The van der Waals surface area contributed by atoms with Crippen LogP contribution in [-0.4, -0.2) is 59.1 Å². The highest BCUT2D eigenvalue weighted by atomic mass is 16.5. The number of hydrogen-bond acceptors (Lipinski definition) is 6. The predicted octanol–water partition coefficient (Wildman–Crippen LogP) is 1.97. The van der Waals surface area contributed by atoms with E-state index in [1.807, 2.05) is 45.0 Å². The quantitative estimate of drug-likeness (QED) is 0.786. The number of hydrogen-bond donors (Lipinski definition) is 0. The molecule has 0 saturated carbocycles. The maximum Gasteiger partial charge on any atom is 0.227 e. The Bertz CT molecular complexity index is 752. The molecule has 7 nitrogen and oxygen atoms in total. The highest BCUT2D eigenvalue weighted by molar-refractivity contribution is 5.79. The Morgan fingerprint density at radius 3 is 2.92 bits per heavy atom. The molecule has 1 aliphatic rings. The SMILES string of the molecule is Cc1noc(C)c1CC(=O)N1CCC(Oc2ccnc(CN(C)C)c2)C1. The van der Waals surface area contributed by atoms with E-state index in [2.05, 4.69) is 15.0 Å². The lowest BCUT2D eigenvalue weighted by Crippen LogP contribution is -2.32. The van der Waals surface area contributed by atoms with E-state index in [9.17, 15) is 4.79 Å². The molecule has 3 heterocycles. The van der Waals surface area contributed by atoms with Gasteiger partial charge in [0.1, 0.15) is 17.6 Å². The van der Waals surface area contributed by atoms with Gasteiger partial charge >= 0.3 is 0 Å². The molecule has 0 aliphatic carbocycles. The molecule has 1 unspecified atom stereocenters. The Morgan fingerprint density at radius 2 is 2.23 bits per heavy atom. The molecular formula is C19H26N4O3. The minimum Gasteiger partial charge on any atom is -0.488 e. The normalized spacial score (nSPS) is 17.1. The van der Waals surface area contributed by atoms with Gasteiger partial charge in [-0.3, -0.25) is 9.78 Å². The maximum atomic E-state index is 12.6. The molecule has 3 rings (SSSR count). The molecule has 0 radical (unpaired) electrons. The largest absolute Gasteiger partial charge is 0.488 e. The van der Waals surface area contributed by atoms with E-state index in [4.69, 9.17) is 9.26 Å². The number of likely N-dealkylation sites (tertiary alicyclic amines) is 1. The van der Waals surface area contributed by atoms with Gasteiger partial charge in [-0.15, -0.1) is 0 Å². The summed E-state index contributed by atoms with van der Waals surface area (Å²) in [6.45, 7) is 5.79. The second kappa shape index (κ2) is 7.86. The molecule has 2 aromatic heterocycles. The Kier molecular flexibility index (Phi) is 5.56. The van der Waals surface area contributed by atoms with Gasteiger partial charge in [-0.1, -0.05) is 5.16 Å². The highest BCUT2D eigenvalue weighted by Gasteiger charge is 2.28. The van der Waals surface area contributed by atoms with Crippen LogP contribution in [0.2, 0.25) is 0 Å². The fourth-order valence-electron chi connectivity index (χ4n) is 3.20. The molecule has 26 heavy (non-hydrogen) atoms. The van der Waals surface area contributed by atoms with Crippen molar-refractivity contribution in [3.05, 3.63) is 41.0 Å². The van der Waals surface area contributed by atoms with Crippen molar-refractivity contribution < 1.29 is 14.1 Å². The van der Waals surface area contributed by atoms with Crippen molar-refractivity contribution in [2.24, 2.45) is 0 Å². The van der Waals surface area contributed by atoms with Gasteiger partial charge in [0.25, 0.3) is 0 Å². The fraction of sp³-hybridized carbons (Fsp3) is 0.526. The monoisotopic (exact) mass is 358 g/mol. The number of pyridine rings is 1. The molecule has 1 aliphatic heterocycles. The first-order valence-electron chi connectivity index (χ1n) is 8.88. The number of carbonyl (C=O) groups is 1. The summed E-state index contributed by atoms with van der Waals surface area (Å²) in [6.07, 6.45) is 2.94. The number of aromatic nitrogens is 2. The van der Waals surface area contributed by atoms with E-state index in [0.29, 0.717) is 25.3 Å². The molecule has 0 spiro atoms. The number of aryl methyl sites for hydroxylation is 2. The van der Waals surface area contributed by atoms with E-state index in [1.165, 1.54) is 0 Å². The third-order valence-corrected chi connectivity index (χ3v) is 4.58. The van der Waals surface area contributed by atoms with Gasteiger partial charge in [0.15, 0.2) is 0 Å². The molecule has 7 heteroatoms. The summed E-state index contributed by atoms with van der Waals surface area (Å²) in [7, 11) is 4.02. The lowest BCUT2D eigenvalue weighted by atomic mass is 10.1. The Balaban J connectivity index is 1.56. The van der Waals surface area contributed by atoms with Gasteiger partial charge in [0, 0.05) is 37.3 Å². The zero-order valence-corrected chi connectivity index (χ0v) is 15.9. The fourth-order valence-corrected chi connectivity index (χ4v) is 3.20. The summed E-state index contributed by atoms with van der Waals surface area (Å²) in [6, 6.07) is 3.84. The van der Waals surface area contributed by atoms with Crippen molar-refractivity contribution in [3.8, 4) is 5.75 Å². The van der Waals surface area contributed by atoms with Crippen molar-refractivity contribution in [2.45, 2.75) is 39.3 Å². The summed E-state index contributed by atoms with van der Waals surface area (Å²) in [5, 5.41) is 3.92. The van der Waals surface area contributed by atoms with Crippen molar-refractivity contribution in [3.63, 3.8) is 0 Å². The van der Waals surface area contributed by atoms with Crippen LogP contribution in [0.3, 0.4) is 0 Å². The van der Waals surface area contributed by atoms with Crippen LogP contribution < -0.4 is 4.74 Å². The minimum atomic E-state index is 0.0122. The number of nitrogens with zero attached hydrogens (tertiary/aromatic N) is 4. The van der Waals surface area contributed by atoms with Crippen LogP contribution in [0.25, 0.3) is 0 Å². The van der Waals surface area contributed by atoms with Crippen molar-refractivity contribution in [1.82, 2.24) is 19.9 Å². The van der Waals surface area contributed by atoms with Crippen LogP contribution >= 0.6 is 0 Å². The Labute approximate surface area is 153 Å². The molecule has 1 fully saturated rings. The van der Waals surface area contributed by atoms with E-state index in [1.54, 1.807) is 6.20 Å². The summed E-state index contributed by atoms with van der Waals surface area (Å²) < 4.78 is 11.2. The van der Waals surface area contributed by atoms with Crippen LogP contribution in [0.4, 0.5) is 0 Å². The van der Waals surface area contributed by atoms with Crippen LogP contribution in [0, 0.1) is 13.8 Å². The van der Waals surface area contributed by atoms with Crippen molar-refractivity contribution >= 4 is 5.91 Å². The lowest BCUT2D eigenvalue weighted by Gasteiger charge is -2.18. The molecule has 1 amide bonds. The number of ether oxygens (including phenoxy) is 1. The van der Waals surface area contributed by atoms with Gasteiger partial charge in [-0.25, -0.2) is 0 Å². The van der Waals surface area contributed by atoms with E-state index < -0.39 is 0 Å². The predicted molar refractivity (Wildman–Crippen MR) is 96.9 cm³/mol. The van der Waals surface area contributed by atoms with E-state index >= 15 is 0 Å². The first kappa shape index (κ1) is 18.4. The molecule has 0 bridgehead atoms. The molecule has 0 N–H and O–H groups in total. The number of carbonyl (C=O) groups excluding carboxylic acids is 1. The number of amides is 1. The molecule has 1 saturated heterocycles. The van der Waals surface area contributed by atoms with E-state index in [0.717, 1.165) is 35.7 Å². The Hall–Kier alpha value is -2.41. The van der Waals surface area contributed by atoms with Crippen LogP contribution in [0.15, 0.2) is 22.9 Å². The van der Waals surface area contributed by atoms with Gasteiger partial charge in [-0.2, -0.15) is 0 Å². The molecular weight excluding hydrogens is 332 g/mol. The van der Waals surface area contributed by atoms with Crippen LogP contribution in [0.1, 0.15) is 29.1 Å². The number of rotatable bonds is 6. The second-order valence-corrected chi connectivity index (χ2v) is 7.07. The third kappa shape index (κ3) is 4.40. The lowest BCUT2D eigenvalue weighted by molar-refractivity contribution is -0.129. The van der Waals surface area contributed by atoms with Gasteiger partial charge in [0.05, 0.1) is 24.4 Å². The third-order valence-electron chi connectivity index (χ3n) is 4.58. The zero-order valence-electron chi connectivity index (χ0n) is 15.9. The molecule has 0 aromatic carbocycles. The van der Waals surface area contributed by atoms with Crippen LogP contribution in [0.5, 0.6) is 5.75 Å². The molecule has 1 atom stereocenters. The second-order valence-electron chi connectivity index (χ2n) is 7.07. The first-order chi connectivity index (χ1) is 12.4. The summed E-state index contributed by atoms with van der Waals surface area (Å²) >= 11 is 0. The van der Waals surface area contributed by atoms with Crippen molar-refractivity contribution in [1.29, 1.82) is 0 Å². The highest BCUT2D eigenvalue weighted by Crippen LogP contribution is 2.21. The van der Waals surface area contributed by atoms with Gasteiger partial charge in [-0.05, 0) is 34.0 Å². The minimum absolute atomic E-state index is 0.0122. The van der Waals surface area contributed by atoms with Gasteiger partial charge < -0.3 is 19.1 Å². The average Bonchev–Trinajstić information content (AvgIpc) is 3.16. The Morgan fingerprint density at radius 1 is 1.42 bits per heavy atom. The standard InChI is InChI=1S/C19H26N4O3/c1-13-18(14(2)26-21-13)10-19(24)23-8-6-17(12-23)25-16-5-7-20-15(9-16)11-22(3)4/h5,7,9,17H,6,8,10-12H2,1-4H3. The smallest absolute Gasteiger partial charge is 0.227 e. The maximum absolute atomic E-state index is 12.6. The molecule has 140 valence electrons. The van der Waals surface area contributed by atoms with Gasteiger partial charge in [0.2, 0.25) is 5.91 Å². The summed E-state index contributed by atoms with van der Waals surface area (Å²) in [4.78, 5) is 20.9. The topological polar surface area (TPSA) is 71.7 Å². The first-order valence-corrected chi connectivity index (χ1v) is 8.88. The molecule has 2 aromatic rings. The van der Waals surface area contributed by atoms with Crippen LogP contribution in [-0.2, 0) is 17.8 Å². The van der Waals surface area contributed by atoms with E-state index in [-0.39, 0.29) is 12.0 Å². The summed E-state index contributed by atoms with van der Waals surface area (Å²) in [5.74, 6) is 1.61. The summed E-state index contributed by atoms with van der Waals surface area (Å²) in [5.41, 5.74) is 2.65. The average molecular weight is 358 g/mol.